The molecule has 164 valence electrons. The Morgan fingerprint density at radius 2 is 2.07 bits per heavy atom. The van der Waals surface area contributed by atoms with E-state index in [4.69, 9.17) is 16.3 Å². The van der Waals surface area contributed by atoms with E-state index in [9.17, 15) is 23.5 Å². The van der Waals surface area contributed by atoms with Crippen molar-refractivity contribution in [1.29, 1.82) is 0 Å². The van der Waals surface area contributed by atoms with Crippen molar-refractivity contribution in [3.63, 3.8) is 0 Å². The molecule has 11 heteroatoms. The number of nitrogens with zero attached hydrogens (tertiary/aromatic N) is 2. The largest absolute Gasteiger partial charge is 0.366 e. The second-order valence-electron chi connectivity index (χ2n) is 6.99. The van der Waals surface area contributed by atoms with Crippen LogP contribution in [0.1, 0.15) is 41.8 Å². The lowest BCUT2D eigenvalue weighted by Crippen LogP contribution is -2.48. The van der Waals surface area contributed by atoms with Gasteiger partial charge in [0.1, 0.15) is 5.56 Å². The topological polar surface area (TPSA) is 125 Å². The van der Waals surface area contributed by atoms with E-state index in [2.05, 4.69) is 5.10 Å². The molecule has 1 saturated heterocycles. The van der Waals surface area contributed by atoms with Crippen molar-refractivity contribution >= 4 is 34.2 Å². The van der Waals surface area contributed by atoms with Crippen LogP contribution in [-0.4, -0.2) is 54.9 Å². The van der Waals surface area contributed by atoms with E-state index in [-0.39, 0.29) is 34.6 Å². The van der Waals surface area contributed by atoms with Gasteiger partial charge in [-0.05, 0) is 25.0 Å². The number of nitrogens with one attached hydrogen (secondary N) is 1. The predicted octanol–water partition coefficient (Wildman–Crippen LogP) is 1.74. The number of aryl methyl sites for hydroxylation is 1. The zero-order valence-corrected chi connectivity index (χ0v) is 18.2. The summed E-state index contributed by atoms with van der Waals surface area (Å²) in [5, 5.41) is 12.9. The minimum absolute atomic E-state index is 0.0448. The molecule has 0 spiro atoms. The third-order valence-corrected chi connectivity index (χ3v) is 5.99. The number of carbonyl (C=O) groups is 1. The van der Waals surface area contributed by atoms with E-state index < -0.39 is 28.7 Å². The minimum Gasteiger partial charge on any atom is -0.366 e. The quantitative estimate of drug-likeness (QED) is 0.427. The number of benzene rings is 1. The molecule has 1 aromatic carbocycles. The number of ether oxygens (including phenoxy) is 1. The summed E-state index contributed by atoms with van der Waals surface area (Å²) in [7, 11) is 0. The molecule has 0 radical (unpaired) electrons. The highest BCUT2D eigenvalue weighted by molar-refractivity contribution is 7.78. The minimum atomic E-state index is -2.14. The van der Waals surface area contributed by atoms with Gasteiger partial charge >= 0.3 is 0 Å². The number of anilines is 1. The maximum Gasteiger partial charge on any atom is 0.277 e. The molecule has 30 heavy (non-hydrogen) atoms. The van der Waals surface area contributed by atoms with Crippen LogP contribution in [0.5, 0.6) is 0 Å². The lowest BCUT2D eigenvalue weighted by molar-refractivity contribution is -0.143. The van der Waals surface area contributed by atoms with Gasteiger partial charge in [-0.3, -0.25) is 14.3 Å². The molecule has 3 N–H and O–H groups in total. The van der Waals surface area contributed by atoms with Crippen molar-refractivity contribution in [2.75, 3.05) is 18.0 Å². The number of rotatable bonds is 7. The van der Waals surface area contributed by atoms with Crippen LogP contribution >= 0.6 is 11.6 Å². The summed E-state index contributed by atoms with van der Waals surface area (Å²) >= 11 is 4.49. The summed E-state index contributed by atoms with van der Waals surface area (Å²) in [4.78, 5) is 27.2. The maximum absolute atomic E-state index is 13.1. The van der Waals surface area contributed by atoms with E-state index >= 15 is 0 Å². The molecule has 9 nitrogen and oxygen atoms in total. The van der Waals surface area contributed by atoms with Crippen molar-refractivity contribution in [2.45, 2.75) is 45.0 Å². The smallest absolute Gasteiger partial charge is 0.277 e. The number of hydrogen-bond acceptors (Lipinski definition) is 6. The Kier molecular flexibility index (Phi) is 7.14. The Morgan fingerprint density at radius 1 is 1.33 bits per heavy atom. The number of aromatic amines is 1. The number of H-pyrrole nitrogens is 1. The molecule has 2 aromatic rings. The standard InChI is InChI=1S/C19H24ClN3O6S/c1-3-12-8-22(9-15(24)29-12)17-11(10-30(27)28)5-6-13(16(17)20)18(25)14-7-21-23(4-2)19(14)26/h5-7,12,15,21,24H,3-4,8-10H2,1-2H3,(H,27,28). The molecular formula is C19H24ClN3O6S. The van der Waals surface area contributed by atoms with Gasteiger partial charge in [0, 0.05) is 24.8 Å². The highest BCUT2D eigenvalue weighted by Crippen LogP contribution is 2.36. The van der Waals surface area contributed by atoms with E-state index in [0.717, 1.165) is 0 Å². The molecule has 1 aromatic heterocycles. The lowest BCUT2D eigenvalue weighted by atomic mass is 10.0. The Balaban J connectivity index is 2.09. The summed E-state index contributed by atoms with van der Waals surface area (Å²) in [6, 6.07) is 3.00. The summed E-state index contributed by atoms with van der Waals surface area (Å²) in [6.07, 6.45) is 0.656. The van der Waals surface area contributed by atoms with Gasteiger partial charge in [-0.2, -0.15) is 0 Å². The number of aliphatic hydroxyl groups is 1. The van der Waals surface area contributed by atoms with Crippen molar-refractivity contribution in [2.24, 2.45) is 0 Å². The zero-order chi connectivity index (χ0) is 22.0. The highest BCUT2D eigenvalue weighted by atomic mass is 35.5. The molecule has 0 aliphatic carbocycles. The van der Waals surface area contributed by atoms with E-state index in [1.54, 1.807) is 17.9 Å². The fourth-order valence-electron chi connectivity index (χ4n) is 3.55. The van der Waals surface area contributed by atoms with E-state index in [1.807, 2.05) is 6.92 Å². The number of halogens is 1. The van der Waals surface area contributed by atoms with Crippen LogP contribution < -0.4 is 10.5 Å². The van der Waals surface area contributed by atoms with Crippen molar-refractivity contribution in [1.82, 2.24) is 9.78 Å². The first-order chi connectivity index (χ1) is 14.3. The van der Waals surface area contributed by atoms with E-state index in [0.29, 0.717) is 30.8 Å². The molecule has 3 atom stereocenters. The maximum atomic E-state index is 13.1. The number of β-amino-alcohol motifs (C(OH)–C–C–N with tert-alkyl or cyclic N) is 1. The average Bonchev–Trinajstić information content (AvgIpc) is 3.07. The number of carbonyl (C=O) groups excluding carboxylic acids is 1. The van der Waals surface area contributed by atoms with Gasteiger partial charge in [-0.1, -0.05) is 24.6 Å². The van der Waals surface area contributed by atoms with Crippen LogP contribution in [0.15, 0.2) is 23.1 Å². The molecule has 3 unspecified atom stereocenters. The monoisotopic (exact) mass is 457 g/mol. The van der Waals surface area contributed by atoms with Crippen LogP contribution in [0.3, 0.4) is 0 Å². The SMILES string of the molecule is CCC1CN(c2c(CS(=O)O)ccc(C(=O)c3c[nH]n(CC)c3=O)c2Cl)CC(O)O1. The van der Waals surface area contributed by atoms with Crippen LogP contribution in [0.2, 0.25) is 5.02 Å². The number of aliphatic hydroxyl groups excluding tert-OH is 1. The molecule has 1 aliphatic heterocycles. The fraction of sp³-hybridized carbons (Fsp3) is 0.474. The van der Waals surface area contributed by atoms with Gasteiger partial charge < -0.3 is 24.4 Å². The Hall–Kier alpha value is -1.98. The summed E-state index contributed by atoms with van der Waals surface area (Å²) < 4.78 is 27.7. The number of aromatic nitrogens is 2. The third-order valence-electron chi connectivity index (χ3n) is 5.05. The summed E-state index contributed by atoms with van der Waals surface area (Å²) in [5.41, 5.74) is 0.455. The summed E-state index contributed by atoms with van der Waals surface area (Å²) in [6.45, 7) is 4.55. The number of ketones is 1. The zero-order valence-electron chi connectivity index (χ0n) is 16.6. The average molecular weight is 458 g/mol. The van der Waals surface area contributed by atoms with Crippen LogP contribution in [0, 0.1) is 0 Å². The van der Waals surface area contributed by atoms with Gasteiger partial charge in [-0.15, -0.1) is 0 Å². The second-order valence-corrected chi connectivity index (χ2v) is 8.30. The molecule has 1 aliphatic rings. The van der Waals surface area contributed by atoms with Crippen molar-refractivity contribution < 1.29 is 23.4 Å². The van der Waals surface area contributed by atoms with Gasteiger partial charge in [0.25, 0.3) is 5.56 Å². The third kappa shape index (κ3) is 4.52. The molecule has 0 bridgehead atoms. The fourth-order valence-corrected chi connectivity index (χ4v) is 4.44. The molecule has 2 heterocycles. The van der Waals surface area contributed by atoms with Gasteiger partial charge in [0.15, 0.2) is 17.4 Å². The number of hydrogen-bond donors (Lipinski definition) is 3. The predicted molar refractivity (Wildman–Crippen MR) is 113 cm³/mol. The first-order valence-electron chi connectivity index (χ1n) is 9.56. The normalized spacial score (nSPS) is 20.4. The summed E-state index contributed by atoms with van der Waals surface area (Å²) in [5.74, 6) is -0.743. The van der Waals surface area contributed by atoms with Gasteiger partial charge in [-0.25, -0.2) is 4.21 Å². The van der Waals surface area contributed by atoms with Crippen molar-refractivity contribution in [3.05, 3.63) is 50.4 Å². The molecule has 3 rings (SSSR count). The Labute approximate surface area is 180 Å². The first kappa shape index (κ1) is 22.7. The van der Waals surface area contributed by atoms with Crippen molar-refractivity contribution in [3.8, 4) is 0 Å². The van der Waals surface area contributed by atoms with Crippen LogP contribution in [-0.2, 0) is 28.1 Å². The Bertz CT molecular complexity index is 1020. The molecular weight excluding hydrogens is 434 g/mol. The Morgan fingerprint density at radius 3 is 2.67 bits per heavy atom. The molecule has 0 amide bonds. The van der Waals surface area contributed by atoms with Crippen LogP contribution in [0.25, 0.3) is 0 Å². The second kappa shape index (κ2) is 9.44. The first-order valence-corrected chi connectivity index (χ1v) is 11.2. The van der Waals surface area contributed by atoms with Gasteiger partial charge in [0.2, 0.25) is 5.78 Å². The molecule has 1 fully saturated rings. The van der Waals surface area contributed by atoms with Crippen LogP contribution in [0.4, 0.5) is 5.69 Å². The van der Waals surface area contributed by atoms with Gasteiger partial charge in [0.05, 0.1) is 29.1 Å². The highest BCUT2D eigenvalue weighted by Gasteiger charge is 2.30. The molecule has 0 saturated carbocycles. The lowest BCUT2D eigenvalue weighted by Gasteiger charge is -2.38. The van der Waals surface area contributed by atoms with E-state index in [1.165, 1.54) is 16.9 Å². The number of morpholine rings is 1.